The Bertz CT molecular complexity index is 136. The molecule has 0 bridgehead atoms. The third kappa shape index (κ3) is 1.94. The molecule has 2 atom stereocenters. The lowest BCUT2D eigenvalue weighted by Crippen LogP contribution is -2.40. The van der Waals surface area contributed by atoms with E-state index in [0.717, 1.165) is 6.42 Å². The zero-order valence-electron chi connectivity index (χ0n) is 7.80. The lowest BCUT2D eigenvalue weighted by molar-refractivity contribution is 0.0935. The number of aliphatic hydroxyl groups excluding tert-OH is 1. The minimum absolute atomic E-state index is 0.166. The molecule has 1 fully saturated rings. The molecule has 11 heavy (non-hydrogen) atoms. The molecular formula is C9H19NO. The molecule has 1 heterocycles. The molecule has 66 valence electrons. The fourth-order valence-electron chi connectivity index (χ4n) is 2.05. The highest BCUT2D eigenvalue weighted by molar-refractivity contribution is 4.90. The summed E-state index contributed by atoms with van der Waals surface area (Å²) in [6.07, 6.45) is 3.25. The minimum atomic E-state index is -0.166. The van der Waals surface area contributed by atoms with E-state index in [9.17, 15) is 5.11 Å². The molecule has 0 unspecified atom stereocenters. The van der Waals surface area contributed by atoms with Crippen molar-refractivity contribution in [2.24, 2.45) is 0 Å². The summed E-state index contributed by atoms with van der Waals surface area (Å²) in [5.74, 6) is 0. The second-order valence-corrected chi connectivity index (χ2v) is 4.08. The van der Waals surface area contributed by atoms with Crippen molar-refractivity contribution in [3.8, 4) is 0 Å². The van der Waals surface area contributed by atoms with Crippen LogP contribution in [0.4, 0.5) is 0 Å². The first-order valence-electron chi connectivity index (χ1n) is 4.44. The summed E-state index contributed by atoms with van der Waals surface area (Å²) in [6, 6.07) is 0. The Labute approximate surface area is 69.2 Å². The Balaban J connectivity index is 2.51. The average molecular weight is 157 g/mol. The van der Waals surface area contributed by atoms with Crippen LogP contribution in [0.5, 0.6) is 0 Å². The molecule has 1 rings (SSSR count). The van der Waals surface area contributed by atoms with E-state index in [1.165, 1.54) is 19.4 Å². The van der Waals surface area contributed by atoms with Crippen molar-refractivity contribution in [1.29, 1.82) is 0 Å². The van der Waals surface area contributed by atoms with E-state index in [-0.39, 0.29) is 11.6 Å². The van der Waals surface area contributed by atoms with Crippen LogP contribution >= 0.6 is 0 Å². The van der Waals surface area contributed by atoms with Gasteiger partial charge < -0.3 is 10.0 Å². The molecule has 0 spiro atoms. The molecular weight excluding hydrogens is 138 g/mol. The van der Waals surface area contributed by atoms with Crippen molar-refractivity contribution < 1.29 is 5.11 Å². The van der Waals surface area contributed by atoms with Crippen LogP contribution in [0.25, 0.3) is 0 Å². The summed E-state index contributed by atoms with van der Waals surface area (Å²) in [5.41, 5.74) is 0.258. The van der Waals surface area contributed by atoms with Gasteiger partial charge in [0.25, 0.3) is 0 Å². The molecule has 1 N–H and O–H groups in total. The fraction of sp³-hybridized carbons (Fsp3) is 1.00. The van der Waals surface area contributed by atoms with Crippen LogP contribution < -0.4 is 0 Å². The molecule has 0 radical (unpaired) electrons. The Morgan fingerprint density at radius 3 is 2.64 bits per heavy atom. The first-order valence-corrected chi connectivity index (χ1v) is 4.44. The van der Waals surface area contributed by atoms with Crippen LogP contribution in [0, 0.1) is 0 Å². The van der Waals surface area contributed by atoms with Crippen molar-refractivity contribution in [2.75, 3.05) is 13.6 Å². The number of hydrogen-bond donors (Lipinski definition) is 1. The number of rotatable bonds is 2. The standard InChI is InChI=1S/C9H19NO/c1-8(11)7-9(2)5-4-6-10(9)3/h8,11H,4-7H2,1-3H3/t8-,9-/m0/s1. The van der Waals surface area contributed by atoms with E-state index in [4.69, 9.17) is 0 Å². The largest absolute Gasteiger partial charge is 0.393 e. The highest BCUT2D eigenvalue weighted by atomic mass is 16.3. The summed E-state index contributed by atoms with van der Waals surface area (Å²) < 4.78 is 0. The van der Waals surface area contributed by atoms with Crippen LogP contribution in [0.2, 0.25) is 0 Å². The Morgan fingerprint density at radius 1 is 1.64 bits per heavy atom. The SMILES string of the molecule is C[C@H](O)C[C@]1(C)CCCN1C. The van der Waals surface area contributed by atoms with Gasteiger partial charge in [0.1, 0.15) is 0 Å². The Morgan fingerprint density at radius 2 is 2.27 bits per heavy atom. The average Bonchev–Trinajstić information content (AvgIpc) is 2.11. The zero-order valence-corrected chi connectivity index (χ0v) is 7.80. The summed E-state index contributed by atoms with van der Waals surface area (Å²) in [6.45, 7) is 5.30. The van der Waals surface area contributed by atoms with E-state index in [1.54, 1.807) is 0 Å². The predicted octanol–water partition coefficient (Wildman–Crippen LogP) is 1.24. The van der Waals surface area contributed by atoms with Gasteiger partial charge in [-0.2, -0.15) is 0 Å². The zero-order chi connectivity index (χ0) is 8.48. The summed E-state index contributed by atoms with van der Waals surface area (Å²) in [4.78, 5) is 2.36. The summed E-state index contributed by atoms with van der Waals surface area (Å²) in [7, 11) is 2.15. The van der Waals surface area contributed by atoms with Crippen LogP contribution in [0.15, 0.2) is 0 Å². The fourth-order valence-corrected chi connectivity index (χ4v) is 2.05. The molecule has 1 aliphatic rings. The van der Waals surface area contributed by atoms with Gasteiger partial charge in [-0.15, -0.1) is 0 Å². The van der Waals surface area contributed by atoms with Crippen molar-refractivity contribution in [1.82, 2.24) is 4.90 Å². The molecule has 0 amide bonds. The van der Waals surface area contributed by atoms with E-state index in [1.807, 2.05) is 6.92 Å². The molecule has 0 saturated carbocycles. The van der Waals surface area contributed by atoms with E-state index in [0.29, 0.717) is 0 Å². The lowest BCUT2D eigenvalue weighted by atomic mass is 9.92. The normalized spacial score (nSPS) is 36.0. The molecule has 0 aromatic carbocycles. The van der Waals surface area contributed by atoms with Crippen LogP contribution in [-0.4, -0.2) is 35.2 Å². The molecule has 1 aliphatic heterocycles. The van der Waals surface area contributed by atoms with Gasteiger partial charge in [-0.1, -0.05) is 0 Å². The molecule has 2 nitrogen and oxygen atoms in total. The molecule has 0 aromatic rings. The summed E-state index contributed by atoms with van der Waals surface area (Å²) in [5, 5.41) is 9.27. The Hall–Kier alpha value is -0.0800. The monoisotopic (exact) mass is 157 g/mol. The molecule has 2 heteroatoms. The maximum Gasteiger partial charge on any atom is 0.0529 e. The lowest BCUT2D eigenvalue weighted by Gasteiger charge is -2.33. The third-order valence-corrected chi connectivity index (χ3v) is 2.87. The van der Waals surface area contributed by atoms with Gasteiger partial charge in [0.2, 0.25) is 0 Å². The smallest absolute Gasteiger partial charge is 0.0529 e. The molecule has 0 aromatic heterocycles. The summed E-state index contributed by atoms with van der Waals surface area (Å²) >= 11 is 0. The van der Waals surface area contributed by atoms with Crippen molar-refractivity contribution >= 4 is 0 Å². The minimum Gasteiger partial charge on any atom is -0.393 e. The first kappa shape index (κ1) is 9.01. The van der Waals surface area contributed by atoms with Gasteiger partial charge in [0.15, 0.2) is 0 Å². The van der Waals surface area contributed by atoms with Gasteiger partial charge in [-0.05, 0) is 46.7 Å². The van der Waals surface area contributed by atoms with Crippen molar-refractivity contribution in [2.45, 2.75) is 44.8 Å². The predicted molar refractivity (Wildman–Crippen MR) is 46.6 cm³/mol. The number of nitrogens with zero attached hydrogens (tertiary/aromatic N) is 1. The second-order valence-electron chi connectivity index (χ2n) is 4.08. The maximum absolute atomic E-state index is 9.27. The van der Waals surface area contributed by atoms with Gasteiger partial charge in [-0.3, -0.25) is 0 Å². The molecule has 0 aliphatic carbocycles. The molecule has 1 saturated heterocycles. The quantitative estimate of drug-likeness (QED) is 0.652. The third-order valence-electron chi connectivity index (χ3n) is 2.87. The van der Waals surface area contributed by atoms with E-state index >= 15 is 0 Å². The first-order chi connectivity index (χ1) is 5.04. The van der Waals surface area contributed by atoms with Gasteiger partial charge in [0.05, 0.1) is 6.10 Å². The van der Waals surface area contributed by atoms with Crippen LogP contribution in [0.1, 0.15) is 33.1 Å². The van der Waals surface area contributed by atoms with Gasteiger partial charge >= 0.3 is 0 Å². The van der Waals surface area contributed by atoms with Gasteiger partial charge in [-0.25, -0.2) is 0 Å². The maximum atomic E-state index is 9.27. The van der Waals surface area contributed by atoms with E-state index in [2.05, 4.69) is 18.9 Å². The number of hydrogen-bond acceptors (Lipinski definition) is 2. The highest BCUT2D eigenvalue weighted by Gasteiger charge is 2.34. The topological polar surface area (TPSA) is 23.5 Å². The second kappa shape index (κ2) is 3.11. The van der Waals surface area contributed by atoms with Crippen molar-refractivity contribution in [3.63, 3.8) is 0 Å². The van der Waals surface area contributed by atoms with Crippen LogP contribution in [0.3, 0.4) is 0 Å². The Kier molecular flexibility index (Phi) is 2.55. The van der Waals surface area contributed by atoms with Crippen molar-refractivity contribution in [3.05, 3.63) is 0 Å². The van der Waals surface area contributed by atoms with E-state index < -0.39 is 0 Å². The highest BCUT2D eigenvalue weighted by Crippen LogP contribution is 2.31. The number of likely N-dealkylation sites (tertiary alicyclic amines) is 1. The number of aliphatic hydroxyl groups is 1. The van der Waals surface area contributed by atoms with Crippen LogP contribution in [-0.2, 0) is 0 Å². The van der Waals surface area contributed by atoms with Gasteiger partial charge in [0, 0.05) is 5.54 Å².